The highest BCUT2D eigenvalue weighted by Crippen LogP contribution is 2.34. The number of methoxy groups -OCH3 is 2. The van der Waals surface area contributed by atoms with Gasteiger partial charge in [-0.2, -0.15) is 5.26 Å². The monoisotopic (exact) mass is 269 g/mol. The largest absolute Gasteiger partial charge is 0.496 e. The summed E-state index contributed by atoms with van der Waals surface area (Å²) in [5.74, 6) is 1.97. The van der Waals surface area contributed by atoms with Gasteiger partial charge in [0.05, 0.1) is 32.4 Å². The molecule has 1 heterocycles. The molecule has 2 rings (SSSR count). The summed E-state index contributed by atoms with van der Waals surface area (Å²) in [6, 6.07) is 7.61. The SMILES string of the molecule is COc1cc(-c2ccnc(CC#N)n2)c(OC)cc1C. The molecule has 0 N–H and O–H groups in total. The molecule has 0 bridgehead atoms. The third-order valence-corrected chi connectivity index (χ3v) is 2.94. The molecule has 1 aromatic carbocycles. The van der Waals surface area contributed by atoms with Gasteiger partial charge in [-0.3, -0.25) is 0 Å². The van der Waals surface area contributed by atoms with Crippen LogP contribution in [-0.4, -0.2) is 24.2 Å². The Morgan fingerprint density at radius 3 is 2.60 bits per heavy atom. The number of hydrogen-bond donors (Lipinski definition) is 0. The Kier molecular flexibility index (Phi) is 4.16. The average Bonchev–Trinajstić information content (AvgIpc) is 2.47. The molecule has 0 radical (unpaired) electrons. The van der Waals surface area contributed by atoms with Gasteiger partial charge in [0, 0.05) is 11.8 Å². The lowest BCUT2D eigenvalue weighted by Gasteiger charge is -2.12. The molecule has 5 nitrogen and oxygen atoms in total. The second-order valence-electron chi connectivity index (χ2n) is 4.22. The Bertz CT molecular complexity index is 663. The highest BCUT2D eigenvalue weighted by Gasteiger charge is 2.12. The number of benzene rings is 1. The summed E-state index contributed by atoms with van der Waals surface area (Å²) in [7, 11) is 3.24. The number of rotatable bonds is 4. The van der Waals surface area contributed by atoms with E-state index in [4.69, 9.17) is 14.7 Å². The number of hydrogen-bond acceptors (Lipinski definition) is 5. The number of nitrogens with zero attached hydrogens (tertiary/aromatic N) is 3. The molecule has 0 unspecified atom stereocenters. The van der Waals surface area contributed by atoms with Crippen molar-refractivity contribution < 1.29 is 9.47 Å². The fraction of sp³-hybridized carbons (Fsp3) is 0.267. The van der Waals surface area contributed by atoms with Crippen molar-refractivity contribution in [3.8, 4) is 28.8 Å². The molecule has 5 heteroatoms. The van der Waals surface area contributed by atoms with Crippen LogP contribution in [0.2, 0.25) is 0 Å². The van der Waals surface area contributed by atoms with Crippen LogP contribution in [-0.2, 0) is 6.42 Å². The Balaban J connectivity index is 2.56. The van der Waals surface area contributed by atoms with E-state index in [1.165, 1.54) is 0 Å². The molecule has 102 valence electrons. The summed E-state index contributed by atoms with van der Waals surface area (Å²) < 4.78 is 10.7. The summed E-state index contributed by atoms with van der Waals surface area (Å²) >= 11 is 0. The van der Waals surface area contributed by atoms with Crippen molar-refractivity contribution in [2.24, 2.45) is 0 Å². The molecule has 2 aromatic rings. The Labute approximate surface area is 117 Å². The number of aryl methyl sites for hydroxylation is 1. The van der Waals surface area contributed by atoms with Gasteiger partial charge >= 0.3 is 0 Å². The molecule has 0 amide bonds. The molecule has 1 aromatic heterocycles. The minimum absolute atomic E-state index is 0.180. The first-order valence-corrected chi connectivity index (χ1v) is 6.11. The van der Waals surface area contributed by atoms with Crippen LogP contribution in [0.25, 0.3) is 11.3 Å². The number of aromatic nitrogens is 2. The first-order chi connectivity index (χ1) is 9.69. The lowest BCUT2D eigenvalue weighted by atomic mass is 10.1. The normalized spacial score (nSPS) is 9.90. The summed E-state index contributed by atoms with van der Waals surface area (Å²) in [5, 5.41) is 8.73. The fourth-order valence-electron chi connectivity index (χ4n) is 1.96. The second kappa shape index (κ2) is 6.02. The maximum Gasteiger partial charge on any atom is 0.142 e. The van der Waals surface area contributed by atoms with Crippen molar-refractivity contribution in [3.05, 3.63) is 35.8 Å². The molecule has 0 saturated carbocycles. The third-order valence-electron chi connectivity index (χ3n) is 2.94. The first kappa shape index (κ1) is 13.8. The van der Waals surface area contributed by atoms with E-state index in [0.29, 0.717) is 17.3 Å². The van der Waals surface area contributed by atoms with Gasteiger partial charge in [0.2, 0.25) is 0 Å². The van der Waals surface area contributed by atoms with Crippen molar-refractivity contribution in [1.82, 2.24) is 9.97 Å². The smallest absolute Gasteiger partial charge is 0.142 e. The lowest BCUT2D eigenvalue weighted by Crippen LogP contribution is -1.98. The quantitative estimate of drug-likeness (QED) is 0.853. The molecule has 0 atom stereocenters. The van der Waals surface area contributed by atoms with Crippen LogP contribution in [0.1, 0.15) is 11.4 Å². The van der Waals surface area contributed by atoms with Crippen LogP contribution in [0.3, 0.4) is 0 Å². The minimum atomic E-state index is 0.180. The molecular formula is C15H15N3O2. The maximum atomic E-state index is 8.73. The lowest BCUT2D eigenvalue weighted by molar-refractivity contribution is 0.401. The van der Waals surface area contributed by atoms with Gasteiger partial charge in [-0.15, -0.1) is 0 Å². The van der Waals surface area contributed by atoms with Crippen molar-refractivity contribution in [1.29, 1.82) is 5.26 Å². The van der Waals surface area contributed by atoms with Crippen LogP contribution in [0.5, 0.6) is 11.5 Å². The predicted octanol–water partition coefficient (Wildman–Crippen LogP) is 2.54. The molecule has 0 spiro atoms. The van der Waals surface area contributed by atoms with E-state index in [9.17, 15) is 0 Å². The summed E-state index contributed by atoms with van der Waals surface area (Å²) in [6.45, 7) is 1.95. The summed E-state index contributed by atoms with van der Waals surface area (Å²) in [4.78, 5) is 8.44. The minimum Gasteiger partial charge on any atom is -0.496 e. The maximum absolute atomic E-state index is 8.73. The highest BCUT2D eigenvalue weighted by molar-refractivity contribution is 5.70. The van der Waals surface area contributed by atoms with E-state index in [1.54, 1.807) is 26.5 Å². The van der Waals surface area contributed by atoms with Gasteiger partial charge < -0.3 is 9.47 Å². The summed E-state index contributed by atoms with van der Waals surface area (Å²) in [5.41, 5.74) is 2.51. The zero-order valence-corrected chi connectivity index (χ0v) is 11.7. The van der Waals surface area contributed by atoms with Crippen molar-refractivity contribution in [2.75, 3.05) is 14.2 Å². The third kappa shape index (κ3) is 2.69. The molecule has 0 aliphatic rings. The Morgan fingerprint density at radius 2 is 1.95 bits per heavy atom. The van der Waals surface area contributed by atoms with E-state index in [0.717, 1.165) is 16.9 Å². The number of nitriles is 1. The summed E-state index contributed by atoms with van der Waals surface area (Å²) in [6.07, 6.45) is 1.82. The van der Waals surface area contributed by atoms with Crippen molar-refractivity contribution in [2.45, 2.75) is 13.3 Å². The first-order valence-electron chi connectivity index (χ1n) is 6.11. The van der Waals surface area contributed by atoms with Gasteiger partial charge in [0.15, 0.2) is 0 Å². The average molecular weight is 269 g/mol. The number of ether oxygens (including phenoxy) is 2. The predicted molar refractivity (Wildman–Crippen MR) is 74.6 cm³/mol. The van der Waals surface area contributed by atoms with Crippen molar-refractivity contribution >= 4 is 0 Å². The van der Waals surface area contributed by atoms with Crippen LogP contribution >= 0.6 is 0 Å². The van der Waals surface area contributed by atoms with Gasteiger partial charge in [-0.1, -0.05) is 0 Å². The van der Waals surface area contributed by atoms with E-state index in [2.05, 4.69) is 9.97 Å². The van der Waals surface area contributed by atoms with Crippen LogP contribution < -0.4 is 9.47 Å². The molecular weight excluding hydrogens is 254 g/mol. The molecule has 20 heavy (non-hydrogen) atoms. The van der Waals surface area contributed by atoms with Gasteiger partial charge in [0.1, 0.15) is 17.3 Å². The van der Waals surface area contributed by atoms with E-state index < -0.39 is 0 Å². The van der Waals surface area contributed by atoms with Crippen LogP contribution in [0.15, 0.2) is 24.4 Å². The molecule has 0 saturated heterocycles. The second-order valence-corrected chi connectivity index (χ2v) is 4.22. The van der Waals surface area contributed by atoms with Gasteiger partial charge in [0.25, 0.3) is 0 Å². The standard InChI is InChI=1S/C15H15N3O2/c1-10-8-14(20-3)11(9-13(10)19-2)12-5-7-17-15(18-12)4-6-16/h5,7-9H,4H2,1-3H3. The Morgan fingerprint density at radius 1 is 1.20 bits per heavy atom. The van der Waals surface area contributed by atoms with Gasteiger partial charge in [-0.05, 0) is 30.7 Å². The van der Waals surface area contributed by atoms with Gasteiger partial charge in [-0.25, -0.2) is 9.97 Å². The highest BCUT2D eigenvalue weighted by atomic mass is 16.5. The Hall–Kier alpha value is -2.61. The molecule has 0 aliphatic heterocycles. The molecule has 0 aliphatic carbocycles. The van der Waals surface area contributed by atoms with Crippen LogP contribution in [0.4, 0.5) is 0 Å². The van der Waals surface area contributed by atoms with E-state index in [-0.39, 0.29) is 6.42 Å². The van der Waals surface area contributed by atoms with Crippen LogP contribution in [0, 0.1) is 18.3 Å². The fourth-order valence-corrected chi connectivity index (χ4v) is 1.96. The van der Waals surface area contributed by atoms with Crippen molar-refractivity contribution in [3.63, 3.8) is 0 Å². The zero-order valence-electron chi connectivity index (χ0n) is 11.7. The topological polar surface area (TPSA) is 68.0 Å². The zero-order chi connectivity index (χ0) is 14.5. The molecule has 0 fully saturated rings. The van der Waals surface area contributed by atoms with E-state index >= 15 is 0 Å². The van der Waals surface area contributed by atoms with E-state index in [1.807, 2.05) is 25.1 Å².